The van der Waals surface area contributed by atoms with Crippen molar-refractivity contribution in [1.82, 2.24) is 4.90 Å². The van der Waals surface area contributed by atoms with Gasteiger partial charge in [0.1, 0.15) is 17.2 Å². The van der Waals surface area contributed by atoms with E-state index in [-0.39, 0.29) is 17.9 Å². The monoisotopic (exact) mass is 448 g/mol. The smallest absolute Gasteiger partial charge is 0.282 e. The summed E-state index contributed by atoms with van der Waals surface area (Å²) in [6, 6.07) is 14.6. The van der Waals surface area contributed by atoms with Crippen LogP contribution in [-0.2, 0) is 9.59 Å². The maximum atomic E-state index is 13.7. The van der Waals surface area contributed by atoms with Crippen LogP contribution in [0.4, 0.5) is 5.69 Å². The van der Waals surface area contributed by atoms with Gasteiger partial charge in [0.15, 0.2) is 0 Å². The van der Waals surface area contributed by atoms with Gasteiger partial charge in [-0.3, -0.25) is 9.59 Å². The number of rotatable bonds is 7. The summed E-state index contributed by atoms with van der Waals surface area (Å²) in [5.41, 5.74) is 2.19. The third-order valence-electron chi connectivity index (χ3n) is 5.93. The quantitative estimate of drug-likeness (QED) is 0.565. The molecule has 0 N–H and O–H groups in total. The lowest BCUT2D eigenvalue weighted by Gasteiger charge is -2.33. The number of hydrogen-bond donors (Lipinski definition) is 0. The van der Waals surface area contributed by atoms with Gasteiger partial charge < -0.3 is 14.4 Å². The summed E-state index contributed by atoms with van der Waals surface area (Å²) in [6.45, 7) is 10.1. The molecule has 2 aromatic carbocycles. The van der Waals surface area contributed by atoms with Gasteiger partial charge in [-0.2, -0.15) is 0 Å². The maximum absolute atomic E-state index is 13.7. The van der Waals surface area contributed by atoms with Gasteiger partial charge in [0.05, 0.1) is 24.0 Å². The molecular formula is C27H32N2O4. The van der Waals surface area contributed by atoms with E-state index in [0.29, 0.717) is 35.2 Å². The zero-order valence-corrected chi connectivity index (χ0v) is 19.8. The molecule has 6 heteroatoms. The molecule has 6 nitrogen and oxygen atoms in total. The van der Waals surface area contributed by atoms with Crippen molar-refractivity contribution in [3.63, 3.8) is 0 Å². The Morgan fingerprint density at radius 2 is 1.79 bits per heavy atom. The van der Waals surface area contributed by atoms with Gasteiger partial charge in [0, 0.05) is 19.2 Å². The van der Waals surface area contributed by atoms with Crippen LogP contribution in [-0.4, -0.2) is 42.5 Å². The Bertz CT molecular complexity index is 1060. The van der Waals surface area contributed by atoms with E-state index in [0.717, 1.165) is 37.2 Å². The first kappa shape index (κ1) is 22.9. The molecule has 0 aliphatic carbocycles. The fraction of sp³-hybridized carbons (Fsp3) is 0.407. The minimum absolute atomic E-state index is 0.0586. The van der Waals surface area contributed by atoms with Crippen molar-refractivity contribution >= 4 is 23.1 Å². The average Bonchev–Trinajstić information content (AvgIpc) is 3.04. The van der Waals surface area contributed by atoms with Crippen molar-refractivity contribution in [2.75, 3.05) is 24.6 Å². The summed E-state index contributed by atoms with van der Waals surface area (Å²) >= 11 is 0. The van der Waals surface area contributed by atoms with Gasteiger partial charge in [0.25, 0.3) is 11.8 Å². The van der Waals surface area contributed by atoms with Crippen molar-refractivity contribution in [2.24, 2.45) is 5.92 Å². The first-order valence-electron chi connectivity index (χ1n) is 11.8. The summed E-state index contributed by atoms with van der Waals surface area (Å²) in [5, 5.41) is 0. The van der Waals surface area contributed by atoms with Crippen LogP contribution >= 0.6 is 0 Å². The van der Waals surface area contributed by atoms with Crippen molar-refractivity contribution < 1.29 is 19.1 Å². The zero-order chi connectivity index (χ0) is 23.5. The van der Waals surface area contributed by atoms with E-state index in [1.54, 1.807) is 18.2 Å². The molecule has 33 heavy (non-hydrogen) atoms. The van der Waals surface area contributed by atoms with Crippen molar-refractivity contribution in [3.05, 3.63) is 59.8 Å². The van der Waals surface area contributed by atoms with Crippen LogP contribution < -0.4 is 14.4 Å². The highest BCUT2D eigenvalue weighted by Gasteiger charge is 2.43. The summed E-state index contributed by atoms with van der Waals surface area (Å²) in [4.78, 5) is 30.8. The highest BCUT2D eigenvalue weighted by atomic mass is 16.5. The number of anilines is 1. The lowest BCUT2D eigenvalue weighted by molar-refractivity contribution is -0.120. The van der Waals surface area contributed by atoms with Gasteiger partial charge in [0.2, 0.25) is 0 Å². The number of imide groups is 1. The Labute approximate surface area is 195 Å². The van der Waals surface area contributed by atoms with E-state index >= 15 is 0 Å². The molecule has 2 heterocycles. The van der Waals surface area contributed by atoms with Crippen molar-refractivity contribution in [3.8, 4) is 11.5 Å². The van der Waals surface area contributed by atoms with Crippen LogP contribution in [0.25, 0.3) is 5.57 Å². The van der Waals surface area contributed by atoms with Crippen molar-refractivity contribution in [2.45, 2.75) is 46.6 Å². The van der Waals surface area contributed by atoms with Crippen LogP contribution in [0.3, 0.4) is 0 Å². The molecule has 0 aromatic heterocycles. The molecular weight excluding hydrogens is 416 g/mol. The number of carbonyl (C=O) groups excluding carboxylic acids is 2. The summed E-state index contributed by atoms with van der Waals surface area (Å²) in [6.07, 6.45) is 2.19. The van der Waals surface area contributed by atoms with E-state index in [1.807, 2.05) is 51.1 Å². The Morgan fingerprint density at radius 3 is 2.45 bits per heavy atom. The van der Waals surface area contributed by atoms with E-state index in [2.05, 4.69) is 11.8 Å². The minimum atomic E-state index is -0.306. The Morgan fingerprint density at radius 1 is 1.03 bits per heavy atom. The molecule has 0 saturated carbocycles. The number of amides is 2. The summed E-state index contributed by atoms with van der Waals surface area (Å²) < 4.78 is 11.4. The van der Waals surface area contributed by atoms with Gasteiger partial charge in [-0.1, -0.05) is 25.1 Å². The Balaban J connectivity index is 1.76. The fourth-order valence-electron chi connectivity index (χ4n) is 4.55. The van der Waals surface area contributed by atoms with E-state index in [9.17, 15) is 9.59 Å². The number of ether oxygens (including phenoxy) is 2. The van der Waals surface area contributed by atoms with Crippen molar-refractivity contribution in [1.29, 1.82) is 0 Å². The molecule has 2 aliphatic rings. The third-order valence-corrected chi connectivity index (χ3v) is 5.93. The molecule has 1 saturated heterocycles. The molecule has 1 fully saturated rings. The number of benzene rings is 2. The highest BCUT2D eigenvalue weighted by Crippen LogP contribution is 2.37. The van der Waals surface area contributed by atoms with Gasteiger partial charge in [-0.25, -0.2) is 4.90 Å². The second-order valence-electron chi connectivity index (χ2n) is 8.98. The van der Waals surface area contributed by atoms with Crippen LogP contribution in [0.2, 0.25) is 0 Å². The zero-order valence-electron chi connectivity index (χ0n) is 19.8. The standard InChI is InChI=1S/C27H32N2O4/c1-5-32-23-10-6-9-21(16-23)29-26(30)24(20-11-13-22(14-12-20)33-18(2)3)25(27(29)31)28-15-7-8-19(4)17-28/h6,9-14,16,18-19H,5,7-8,15,17H2,1-4H3. The average molecular weight is 449 g/mol. The van der Waals surface area contributed by atoms with Crippen LogP contribution in [0, 0.1) is 5.92 Å². The number of carbonyl (C=O) groups is 2. The molecule has 1 unspecified atom stereocenters. The number of hydrogen-bond acceptors (Lipinski definition) is 5. The predicted molar refractivity (Wildman–Crippen MR) is 129 cm³/mol. The predicted octanol–water partition coefficient (Wildman–Crippen LogP) is 4.89. The maximum Gasteiger partial charge on any atom is 0.282 e. The van der Waals surface area contributed by atoms with E-state index < -0.39 is 0 Å². The lowest BCUT2D eigenvalue weighted by Crippen LogP contribution is -2.39. The highest BCUT2D eigenvalue weighted by molar-refractivity contribution is 6.45. The first-order chi connectivity index (χ1) is 15.9. The molecule has 1 atom stereocenters. The third kappa shape index (κ3) is 4.75. The molecule has 0 spiro atoms. The van der Waals surface area contributed by atoms with Crippen LogP contribution in [0.1, 0.15) is 46.1 Å². The number of piperidine rings is 1. The minimum Gasteiger partial charge on any atom is -0.494 e. The van der Waals surface area contributed by atoms with Gasteiger partial charge in [-0.05, 0) is 69.4 Å². The normalized spacial score (nSPS) is 19.0. The second-order valence-corrected chi connectivity index (χ2v) is 8.98. The van der Waals surface area contributed by atoms with Gasteiger partial charge >= 0.3 is 0 Å². The van der Waals surface area contributed by atoms with Crippen LogP contribution in [0.5, 0.6) is 11.5 Å². The molecule has 174 valence electrons. The molecule has 2 aliphatic heterocycles. The Hall–Kier alpha value is -3.28. The number of likely N-dealkylation sites (tertiary alicyclic amines) is 1. The molecule has 0 bridgehead atoms. The molecule has 2 aromatic rings. The largest absolute Gasteiger partial charge is 0.494 e. The lowest BCUT2D eigenvalue weighted by atomic mass is 9.97. The fourth-order valence-corrected chi connectivity index (χ4v) is 4.55. The van der Waals surface area contributed by atoms with Crippen LogP contribution in [0.15, 0.2) is 54.2 Å². The van der Waals surface area contributed by atoms with E-state index in [4.69, 9.17) is 9.47 Å². The summed E-state index contributed by atoms with van der Waals surface area (Å²) in [5.74, 6) is 1.25. The molecule has 4 rings (SSSR count). The SMILES string of the molecule is CCOc1cccc(N2C(=O)C(c3ccc(OC(C)C)cc3)=C(N3CCCC(C)C3)C2=O)c1. The Kier molecular flexibility index (Phi) is 6.72. The number of nitrogens with zero attached hydrogens (tertiary/aromatic N) is 2. The topological polar surface area (TPSA) is 59.1 Å². The first-order valence-corrected chi connectivity index (χ1v) is 11.8. The molecule has 0 radical (unpaired) electrons. The summed E-state index contributed by atoms with van der Waals surface area (Å²) in [7, 11) is 0. The second kappa shape index (κ2) is 9.69. The molecule has 2 amide bonds. The van der Waals surface area contributed by atoms with E-state index in [1.165, 1.54) is 4.90 Å². The van der Waals surface area contributed by atoms with Gasteiger partial charge in [-0.15, -0.1) is 0 Å².